The van der Waals surface area contributed by atoms with E-state index in [9.17, 15) is 14.4 Å². The fraction of sp³-hybridized carbons (Fsp3) is 0.583. The molecule has 2 aromatic rings. The predicted octanol–water partition coefficient (Wildman–Crippen LogP) is 5.53. The van der Waals surface area contributed by atoms with E-state index in [2.05, 4.69) is 73.3 Å². The van der Waals surface area contributed by atoms with Crippen molar-refractivity contribution in [2.45, 2.75) is 69.5 Å². The molecule has 4 aliphatic rings. The van der Waals surface area contributed by atoms with Crippen molar-refractivity contribution in [2.24, 2.45) is 5.41 Å². The van der Waals surface area contributed by atoms with E-state index in [1.165, 1.54) is 11.3 Å². The first-order valence-corrected chi connectivity index (χ1v) is 17.9. The van der Waals surface area contributed by atoms with Crippen LogP contribution in [0.15, 0.2) is 48.5 Å². The minimum absolute atomic E-state index is 0. The summed E-state index contributed by atoms with van der Waals surface area (Å²) in [6.45, 7) is 13.2. The molecular weight excluding hydrogens is 597 g/mol. The van der Waals surface area contributed by atoms with Crippen molar-refractivity contribution in [1.29, 1.82) is 0 Å². The van der Waals surface area contributed by atoms with Crippen molar-refractivity contribution in [3.05, 3.63) is 59.7 Å². The fourth-order valence-electron chi connectivity index (χ4n) is 7.13. The van der Waals surface area contributed by atoms with Crippen LogP contribution in [0.5, 0.6) is 0 Å². The number of hydrogen-bond acceptors (Lipinski definition) is 6. The summed E-state index contributed by atoms with van der Waals surface area (Å²) in [5, 5.41) is 2.57. The lowest BCUT2D eigenvalue weighted by Gasteiger charge is -2.38. The standard InChI is InChI=1S/C36H50N6O3S.H2/c1-36(2,3)16-20-42-33(44)31(46-34(42)28-10-6-8-12-30(28)39-23-21-38(4)22-24-39)25-32(43)40-17-14-27(15-18-40)41-19-13-26-9-5-7-11-29(26)37-35(41)45;/h5-12,27,31,34H,13-25H2,1-4H3,(H,37,45);1H/t31-,34+;/m1./s1. The van der Waals surface area contributed by atoms with Gasteiger partial charge in [-0.3, -0.25) is 9.59 Å². The molecule has 4 heterocycles. The van der Waals surface area contributed by atoms with Crippen LogP contribution in [0.4, 0.5) is 16.2 Å². The molecule has 10 heteroatoms. The number of rotatable bonds is 7. The van der Waals surface area contributed by atoms with Gasteiger partial charge >= 0.3 is 6.03 Å². The Kier molecular flexibility index (Phi) is 9.85. The van der Waals surface area contributed by atoms with Crippen LogP contribution in [0.3, 0.4) is 0 Å². The van der Waals surface area contributed by atoms with Gasteiger partial charge in [-0.25, -0.2) is 4.79 Å². The molecule has 2 aromatic carbocycles. The Hall–Kier alpha value is -3.24. The molecule has 9 nitrogen and oxygen atoms in total. The van der Waals surface area contributed by atoms with Gasteiger partial charge in [0.15, 0.2) is 0 Å². The Morgan fingerprint density at radius 2 is 1.63 bits per heavy atom. The largest absolute Gasteiger partial charge is 0.369 e. The molecular formula is C36H52N6O3S. The third kappa shape index (κ3) is 7.33. The molecule has 1 N–H and O–H groups in total. The summed E-state index contributed by atoms with van der Waals surface area (Å²) in [7, 11) is 2.16. The number of urea groups is 1. The van der Waals surface area contributed by atoms with Crippen LogP contribution in [0.1, 0.15) is 64.4 Å². The second-order valence-corrected chi connectivity index (χ2v) is 15.8. The summed E-state index contributed by atoms with van der Waals surface area (Å²) in [6.07, 6.45) is 3.43. The molecule has 3 fully saturated rings. The summed E-state index contributed by atoms with van der Waals surface area (Å²) < 4.78 is 0. The molecule has 0 saturated carbocycles. The van der Waals surface area contributed by atoms with Gasteiger partial charge < -0.3 is 29.8 Å². The fourth-order valence-corrected chi connectivity index (χ4v) is 8.64. The van der Waals surface area contributed by atoms with Crippen molar-refractivity contribution in [2.75, 3.05) is 69.6 Å². The molecule has 250 valence electrons. The summed E-state index contributed by atoms with van der Waals surface area (Å²) in [5.41, 5.74) is 4.52. The van der Waals surface area contributed by atoms with Crippen LogP contribution in [0.25, 0.3) is 0 Å². The van der Waals surface area contributed by atoms with Crippen LogP contribution >= 0.6 is 11.8 Å². The molecule has 0 bridgehead atoms. The summed E-state index contributed by atoms with van der Waals surface area (Å²) >= 11 is 1.65. The highest BCUT2D eigenvalue weighted by Gasteiger charge is 2.44. The van der Waals surface area contributed by atoms with Crippen LogP contribution in [-0.2, 0) is 16.0 Å². The second kappa shape index (κ2) is 13.9. The number of hydrogen-bond donors (Lipinski definition) is 1. The number of fused-ring (bicyclic) bond motifs is 1. The quantitative estimate of drug-likeness (QED) is 0.425. The number of thioether (sulfide) groups is 1. The number of nitrogens with zero attached hydrogens (tertiary/aromatic N) is 5. The highest BCUT2D eigenvalue weighted by Crippen LogP contribution is 2.48. The predicted molar refractivity (Wildman–Crippen MR) is 188 cm³/mol. The van der Waals surface area contributed by atoms with E-state index in [4.69, 9.17) is 0 Å². The molecule has 0 aliphatic carbocycles. The van der Waals surface area contributed by atoms with Crippen molar-refractivity contribution >= 4 is 41.0 Å². The Balaban J connectivity index is 0.00000433. The average Bonchev–Trinajstić information content (AvgIpc) is 3.24. The molecule has 4 amide bonds. The highest BCUT2D eigenvalue weighted by atomic mass is 32.2. The molecule has 3 saturated heterocycles. The third-order valence-corrected chi connectivity index (χ3v) is 11.5. The van der Waals surface area contributed by atoms with E-state index in [0.29, 0.717) is 26.2 Å². The number of piperidine rings is 1. The van der Waals surface area contributed by atoms with Crippen LogP contribution < -0.4 is 10.2 Å². The Morgan fingerprint density at radius 1 is 0.935 bits per heavy atom. The molecule has 4 aliphatic heterocycles. The highest BCUT2D eigenvalue weighted by molar-refractivity contribution is 8.01. The third-order valence-electron chi connectivity index (χ3n) is 10.0. The smallest absolute Gasteiger partial charge is 0.322 e. The monoisotopic (exact) mass is 648 g/mol. The molecule has 0 spiro atoms. The van der Waals surface area contributed by atoms with E-state index in [-0.39, 0.29) is 42.5 Å². The Bertz CT molecular complexity index is 1420. The van der Waals surface area contributed by atoms with Gasteiger partial charge in [0.2, 0.25) is 11.8 Å². The van der Waals surface area contributed by atoms with Gasteiger partial charge in [0.1, 0.15) is 5.37 Å². The summed E-state index contributed by atoms with van der Waals surface area (Å²) in [6, 6.07) is 16.6. The summed E-state index contributed by atoms with van der Waals surface area (Å²) in [4.78, 5) is 51.5. The summed E-state index contributed by atoms with van der Waals surface area (Å²) in [5.74, 6) is 0.122. The number of piperazine rings is 1. The number of carbonyl (C=O) groups excluding carboxylic acids is 3. The topological polar surface area (TPSA) is 79.4 Å². The molecule has 2 atom stereocenters. The lowest BCUT2D eigenvalue weighted by molar-refractivity contribution is -0.137. The van der Waals surface area contributed by atoms with Gasteiger partial charge in [0, 0.05) is 83.2 Å². The average molecular weight is 649 g/mol. The van der Waals surface area contributed by atoms with E-state index < -0.39 is 5.25 Å². The number of carbonyl (C=O) groups is 3. The van der Waals surface area contributed by atoms with Gasteiger partial charge in [0.05, 0.1) is 5.25 Å². The van der Waals surface area contributed by atoms with Crippen molar-refractivity contribution in [3.63, 3.8) is 0 Å². The number of benzene rings is 2. The molecule has 0 radical (unpaired) electrons. The van der Waals surface area contributed by atoms with E-state index in [1.807, 2.05) is 32.9 Å². The number of likely N-dealkylation sites (tertiary alicyclic amines) is 1. The lowest BCUT2D eigenvalue weighted by atomic mass is 9.92. The SMILES string of the molecule is CN1CCN(c2ccccc2[C@@H]2S[C@H](CC(=O)N3CCC(N4CCc5ccccc5NC4=O)CC3)C(=O)N2CCC(C)(C)C)CC1.[HH]. The first kappa shape index (κ1) is 32.7. The van der Waals surface area contributed by atoms with E-state index in [1.54, 1.807) is 11.8 Å². The zero-order chi connectivity index (χ0) is 32.4. The maximum Gasteiger partial charge on any atom is 0.322 e. The zero-order valence-corrected chi connectivity index (χ0v) is 28.7. The first-order chi connectivity index (χ1) is 22.1. The Morgan fingerprint density at radius 3 is 2.37 bits per heavy atom. The van der Waals surface area contributed by atoms with E-state index >= 15 is 0 Å². The van der Waals surface area contributed by atoms with Gasteiger partial charge in [-0.1, -0.05) is 57.2 Å². The molecule has 6 rings (SSSR count). The minimum Gasteiger partial charge on any atom is -0.369 e. The normalized spacial score (nSPS) is 23.4. The van der Waals surface area contributed by atoms with Crippen molar-refractivity contribution in [1.82, 2.24) is 19.6 Å². The number of para-hydroxylation sites is 2. The number of likely N-dealkylation sites (N-methyl/N-ethyl adjacent to an activating group) is 1. The van der Waals surface area contributed by atoms with Gasteiger partial charge in [-0.05, 0) is 55.8 Å². The zero-order valence-electron chi connectivity index (χ0n) is 27.9. The maximum absolute atomic E-state index is 14.0. The molecule has 0 aromatic heterocycles. The number of amides is 4. The van der Waals surface area contributed by atoms with Crippen molar-refractivity contribution < 1.29 is 15.8 Å². The number of nitrogens with one attached hydrogen (secondary N) is 1. The Labute approximate surface area is 280 Å². The van der Waals surface area contributed by atoms with Crippen molar-refractivity contribution in [3.8, 4) is 0 Å². The van der Waals surface area contributed by atoms with Gasteiger partial charge in [0.25, 0.3) is 0 Å². The number of anilines is 2. The molecule has 46 heavy (non-hydrogen) atoms. The van der Waals surface area contributed by atoms with E-state index in [0.717, 1.165) is 63.1 Å². The van der Waals surface area contributed by atoms with Gasteiger partial charge in [-0.2, -0.15) is 0 Å². The molecule has 0 unspecified atom stereocenters. The van der Waals surface area contributed by atoms with Gasteiger partial charge in [-0.15, -0.1) is 11.8 Å². The van der Waals surface area contributed by atoms with Crippen LogP contribution in [0.2, 0.25) is 0 Å². The van der Waals surface area contributed by atoms with Crippen LogP contribution in [0, 0.1) is 5.41 Å². The lowest BCUT2D eigenvalue weighted by Crippen LogP contribution is -2.50. The minimum atomic E-state index is -0.398. The van der Waals surface area contributed by atoms with Crippen LogP contribution in [-0.4, -0.2) is 108 Å². The maximum atomic E-state index is 14.0. The first-order valence-electron chi connectivity index (χ1n) is 17.0. The second-order valence-electron chi connectivity index (χ2n) is 14.5.